The first-order chi connectivity index (χ1) is 10.6. The van der Waals surface area contributed by atoms with E-state index >= 15 is 0 Å². The van der Waals surface area contributed by atoms with Crippen molar-refractivity contribution in [2.45, 2.75) is 31.8 Å². The number of aromatic nitrogens is 1. The maximum Gasteiger partial charge on any atom is 0.320 e. The van der Waals surface area contributed by atoms with Gasteiger partial charge in [-0.05, 0) is 37.6 Å². The zero-order chi connectivity index (χ0) is 15.5. The van der Waals surface area contributed by atoms with Gasteiger partial charge in [0, 0.05) is 12.1 Å². The summed E-state index contributed by atoms with van der Waals surface area (Å²) in [5.41, 5.74) is 1.23. The molecule has 1 fully saturated rings. The zero-order valence-electron chi connectivity index (χ0n) is 12.0. The van der Waals surface area contributed by atoms with Crippen LogP contribution in [0.25, 0.3) is 11.5 Å². The lowest BCUT2D eigenvalue weighted by Gasteiger charge is -2.31. The highest BCUT2D eigenvalue weighted by molar-refractivity contribution is 5.73. The Bertz CT molecular complexity index is 671. The third kappa shape index (κ3) is 3.17. The summed E-state index contributed by atoms with van der Waals surface area (Å²) in [6, 6.07) is 5.57. The largest absolute Gasteiger partial charge is 0.480 e. The van der Waals surface area contributed by atoms with Crippen LogP contribution >= 0.6 is 0 Å². The fourth-order valence-electron chi connectivity index (χ4n) is 2.80. The van der Waals surface area contributed by atoms with E-state index in [1.807, 2.05) is 4.90 Å². The topological polar surface area (TPSA) is 66.6 Å². The zero-order valence-corrected chi connectivity index (χ0v) is 12.0. The van der Waals surface area contributed by atoms with Crippen molar-refractivity contribution in [2.75, 3.05) is 6.54 Å². The van der Waals surface area contributed by atoms with E-state index in [4.69, 9.17) is 4.42 Å². The van der Waals surface area contributed by atoms with E-state index in [1.165, 1.54) is 18.4 Å². The van der Waals surface area contributed by atoms with E-state index in [-0.39, 0.29) is 5.82 Å². The summed E-state index contributed by atoms with van der Waals surface area (Å²) in [6.45, 7) is 1.16. The van der Waals surface area contributed by atoms with Crippen molar-refractivity contribution in [1.82, 2.24) is 9.88 Å². The summed E-state index contributed by atoms with van der Waals surface area (Å²) in [7, 11) is 0. The number of benzene rings is 1. The van der Waals surface area contributed by atoms with Gasteiger partial charge in [0.15, 0.2) is 0 Å². The summed E-state index contributed by atoms with van der Waals surface area (Å²) >= 11 is 0. The number of aliphatic carboxylic acids is 1. The molecule has 1 unspecified atom stereocenters. The van der Waals surface area contributed by atoms with Crippen LogP contribution in [-0.2, 0) is 11.3 Å². The predicted molar refractivity (Wildman–Crippen MR) is 77.6 cm³/mol. The molecular weight excluding hydrogens is 287 g/mol. The average Bonchev–Trinajstić information content (AvgIpc) is 2.96. The summed E-state index contributed by atoms with van der Waals surface area (Å²) in [5.74, 6) is -0.800. The molecule has 0 bridgehead atoms. The molecule has 6 heteroatoms. The van der Waals surface area contributed by atoms with Gasteiger partial charge >= 0.3 is 5.97 Å². The van der Waals surface area contributed by atoms with Gasteiger partial charge in [0.05, 0.1) is 5.69 Å². The van der Waals surface area contributed by atoms with Gasteiger partial charge < -0.3 is 9.52 Å². The number of carboxylic acids is 1. The fourth-order valence-corrected chi connectivity index (χ4v) is 2.80. The second-order valence-electron chi connectivity index (χ2n) is 5.47. The number of likely N-dealkylation sites (tertiary alicyclic amines) is 1. The molecule has 1 N–H and O–H groups in total. The predicted octanol–water partition coefficient (Wildman–Crippen LogP) is 2.92. The molecule has 0 spiro atoms. The van der Waals surface area contributed by atoms with Crippen molar-refractivity contribution in [3.05, 3.63) is 42.0 Å². The molecule has 1 aromatic carbocycles. The van der Waals surface area contributed by atoms with Gasteiger partial charge in [0.1, 0.15) is 18.1 Å². The molecule has 1 aliphatic rings. The molecule has 2 aromatic rings. The number of carbonyl (C=O) groups is 1. The molecule has 1 atom stereocenters. The number of oxazole rings is 1. The van der Waals surface area contributed by atoms with Crippen molar-refractivity contribution < 1.29 is 18.7 Å². The highest BCUT2D eigenvalue weighted by Gasteiger charge is 2.28. The number of hydrogen-bond acceptors (Lipinski definition) is 4. The van der Waals surface area contributed by atoms with Crippen molar-refractivity contribution in [1.29, 1.82) is 0 Å². The molecule has 1 aliphatic heterocycles. The second kappa shape index (κ2) is 6.27. The standard InChI is InChI=1S/C16H17FN2O3/c17-12-5-3-4-11(8-12)15-18-13(10-22-15)9-19-7-2-1-6-14(19)16(20)21/h3-5,8,10,14H,1-2,6-7,9H2,(H,20,21). The maximum atomic E-state index is 13.2. The van der Waals surface area contributed by atoms with Crippen LogP contribution < -0.4 is 0 Å². The van der Waals surface area contributed by atoms with Crippen molar-refractivity contribution in [2.24, 2.45) is 0 Å². The van der Waals surface area contributed by atoms with Gasteiger partial charge in [-0.25, -0.2) is 9.37 Å². The first-order valence-corrected chi connectivity index (χ1v) is 7.30. The van der Waals surface area contributed by atoms with E-state index in [2.05, 4.69) is 4.98 Å². The first-order valence-electron chi connectivity index (χ1n) is 7.30. The minimum atomic E-state index is -0.798. The van der Waals surface area contributed by atoms with Crippen LogP contribution in [0.5, 0.6) is 0 Å². The Morgan fingerprint density at radius 3 is 3.09 bits per heavy atom. The Hall–Kier alpha value is -2.21. The lowest BCUT2D eigenvalue weighted by molar-refractivity contribution is -0.144. The van der Waals surface area contributed by atoms with Crippen LogP contribution in [-0.4, -0.2) is 33.5 Å². The van der Waals surface area contributed by atoms with Gasteiger partial charge in [-0.3, -0.25) is 9.69 Å². The molecule has 0 saturated carbocycles. The van der Waals surface area contributed by atoms with Crippen LogP contribution in [0.3, 0.4) is 0 Å². The number of hydrogen-bond donors (Lipinski definition) is 1. The molecular formula is C16H17FN2O3. The lowest BCUT2D eigenvalue weighted by atomic mass is 10.0. The van der Waals surface area contributed by atoms with E-state index in [0.29, 0.717) is 30.1 Å². The maximum absolute atomic E-state index is 13.2. The first kappa shape index (κ1) is 14.7. The van der Waals surface area contributed by atoms with E-state index in [0.717, 1.165) is 19.4 Å². The lowest BCUT2D eigenvalue weighted by Crippen LogP contribution is -2.44. The van der Waals surface area contributed by atoms with Gasteiger partial charge in [-0.1, -0.05) is 12.5 Å². The number of piperidine rings is 1. The molecule has 0 aliphatic carbocycles. The molecule has 2 heterocycles. The Balaban J connectivity index is 1.75. The summed E-state index contributed by atoms with van der Waals surface area (Å²) < 4.78 is 18.6. The molecule has 1 saturated heterocycles. The molecule has 116 valence electrons. The van der Waals surface area contributed by atoms with Crippen LogP contribution in [0.1, 0.15) is 25.0 Å². The average molecular weight is 304 g/mol. The van der Waals surface area contributed by atoms with Crippen molar-refractivity contribution in [3.8, 4) is 11.5 Å². The molecule has 0 radical (unpaired) electrons. The van der Waals surface area contributed by atoms with Crippen LogP contribution in [0.4, 0.5) is 4.39 Å². The van der Waals surface area contributed by atoms with Crippen molar-refractivity contribution in [3.63, 3.8) is 0 Å². The van der Waals surface area contributed by atoms with E-state index < -0.39 is 12.0 Å². The molecule has 1 aromatic heterocycles. The van der Waals surface area contributed by atoms with Gasteiger partial charge in [-0.15, -0.1) is 0 Å². The third-order valence-corrected chi connectivity index (χ3v) is 3.89. The number of rotatable bonds is 4. The molecule has 0 amide bonds. The Morgan fingerprint density at radius 2 is 2.32 bits per heavy atom. The number of carboxylic acid groups (broad SMARTS) is 1. The van der Waals surface area contributed by atoms with E-state index in [9.17, 15) is 14.3 Å². The van der Waals surface area contributed by atoms with Crippen LogP contribution in [0.15, 0.2) is 34.9 Å². The number of nitrogens with zero attached hydrogens (tertiary/aromatic N) is 2. The number of halogens is 1. The molecule has 3 rings (SSSR count). The minimum Gasteiger partial charge on any atom is -0.480 e. The quantitative estimate of drug-likeness (QED) is 0.940. The Labute approximate surface area is 127 Å². The van der Waals surface area contributed by atoms with Gasteiger partial charge in [0.2, 0.25) is 5.89 Å². The van der Waals surface area contributed by atoms with Crippen LogP contribution in [0.2, 0.25) is 0 Å². The second-order valence-corrected chi connectivity index (χ2v) is 5.47. The SMILES string of the molecule is O=C(O)C1CCCCN1Cc1coc(-c2cccc(F)c2)n1. The normalized spacial score (nSPS) is 19.2. The summed E-state index contributed by atoms with van der Waals surface area (Å²) in [5, 5.41) is 9.27. The van der Waals surface area contributed by atoms with E-state index in [1.54, 1.807) is 12.1 Å². The smallest absolute Gasteiger partial charge is 0.320 e. The highest BCUT2D eigenvalue weighted by Crippen LogP contribution is 2.23. The fraction of sp³-hybridized carbons (Fsp3) is 0.375. The summed E-state index contributed by atoms with van der Waals surface area (Å²) in [6.07, 6.45) is 4.08. The third-order valence-electron chi connectivity index (χ3n) is 3.89. The monoisotopic (exact) mass is 304 g/mol. The van der Waals surface area contributed by atoms with Crippen molar-refractivity contribution >= 4 is 5.97 Å². The minimum absolute atomic E-state index is 0.346. The molecule has 5 nitrogen and oxygen atoms in total. The summed E-state index contributed by atoms with van der Waals surface area (Å²) in [4.78, 5) is 17.5. The van der Waals surface area contributed by atoms with Gasteiger partial charge in [-0.2, -0.15) is 0 Å². The van der Waals surface area contributed by atoms with Crippen LogP contribution in [0, 0.1) is 5.82 Å². The Kier molecular flexibility index (Phi) is 4.20. The highest BCUT2D eigenvalue weighted by atomic mass is 19.1. The molecule has 22 heavy (non-hydrogen) atoms. The van der Waals surface area contributed by atoms with Gasteiger partial charge in [0.25, 0.3) is 0 Å². The Morgan fingerprint density at radius 1 is 1.45 bits per heavy atom.